The largest absolute Gasteiger partial charge is 0.388 e. The monoisotopic (exact) mass is 380 g/mol. The highest BCUT2D eigenvalue weighted by Gasteiger charge is 2.32. The van der Waals surface area contributed by atoms with E-state index in [4.69, 9.17) is 18.9 Å². The van der Waals surface area contributed by atoms with Crippen molar-refractivity contribution < 1.29 is 24.1 Å². The quantitative estimate of drug-likeness (QED) is 0.341. The van der Waals surface area contributed by atoms with E-state index in [1.54, 1.807) is 7.11 Å². The van der Waals surface area contributed by atoms with Gasteiger partial charge in [-0.05, 0) is 57.6 Å². The molecule has 2 unspecified atom stereocenters. The van der Waals surface area contributed by atoms with Gasteiger partial charge in [0.25, 0.3) is 0 Å². The van der Waals surface area contributed by atoms with Gasteiger partial charge in [0.2, 0.25) is 0 Å². The molecular formula is C20H32N2O5. The van der Waals surface area contributed by atoms with Crippen LogP contribution < -0.4 is 5.32 Å². The molecule has 0 aromatic carbocycles. The van der Waals surface area contributed by atoms with Crippen molar-refractivity contribution in [1.29, 1.82) is 5.26 Å². The van der Waals surface area contributed by atoms with Gasteiger partial charge in [-0.15, -0.1) is 0 Å². The molecule has 27 heavy (non-hydrogen) atoms. The summed E-state index contributed by atoms with van der Waals surface area (Å²) >= 11 is 0. The van der Waals surface area contributed by atoms with Gasteiger partial charge in [0.15, 0.2) is 12.1 Å². The Morgan fingerprint density at radius 1 is 1.44 bits per heavy atom. The van der Waals surface area contributed by atoms with Gasteiger partial charge in [-0.2, -0.15) is 5.26 Å². The number of ether oxygens (including phenoxy) is 4. The average Bonchev–Trinajstić information content (AvgIpc) is 2.99. The number of rotatable bonds is 10. The smallest absolute Gasteiger partial charge is 0.191 e. The lowest BCUT2D eigenvalue weighted by molar-refractivity contribution is -0.143. The summed E-state index contributed by atoms with van der Waals surface area (Å²) in [5, 5.41) is 23.2. The van der Waals surface area contributed by atoms with Crippen molar-refractivity contribution in [3.63, 3.8) is 0 Å². The zero-order chi connectivity index (χ0) is 19.7. The van der Waals surface area contributed by atoms with Crippen LogP contribution in [0.5, 0.6) is 0 Å². The van der Waals surface area contributed by atoms with E-state index in [1.807, 2.05) is 19.9 Å². The molecule has 1 fully saturated rings. The van der Waals surface area contributed by atoms with Gasteiger partial charge in [-0.25, -0.2) is 0 Å². The van der Waals surface area contributed by atoms with Crippen LogP contribution in [0, 0.1) is 11.3 Å². The molecule has 2 N–H and O–H groups in total. The molecule has 0 aromatic heterocycles. The van der Waals surface area contributed by atoms with E-state index in [-0.39, 0.29) is 11.7 Å². The maximum atomic E-state index is 10.3. The molecule has 1 saturated heterocycles. The molecule has 0 saturated carbocycles. The molecule has 1 aliphatic heterocycles. The van der Waals surface area contributed by atoms with E-state index in [0.717, 1.165) is 43.5 Å². The van der Waals surface area contributed by atoms with Crippen molar-refractivity contribution in [3.05, 3.63) is 22.9 Å². The third-order valence-electron chi connectivity index (χ3n) is 4.61. The predicted octanol–water partition coefficient (Wildman–Crippen LogP) is 2.38. The first-order chi connectivity index (χ1) is 12.9. The molecule has 0 aromatic rings. The Morgan fingerprint density at radius 2 is 2.26 bits per heavy atom. The van der Waals surface area contributed by atoms with Gasteiger partial charge in [-0.3, -0.25) is 0 Å². The third kappa shape index (κ3) is 7.24. The first kappa shape index (κ1) is 21.9. The Morgan fingerprint density at radius 3 is 2.93 bits per heavy atom. The number of hydrogen-bond donors (Lipinski definition) is 2. The molecule has 152 valence electrons. The zero-order valence-electron chi connectivity index (χ0n) is 16.6. The summed E-state index contributed by atoms with van der Waals surface area (Å²) in [5.74, 6) is -0.567. The van der Waals surface area contributed by atoms with E-state index in [0.29, 0.717) is 26.2 Å². The summed E-state index contributed by atoms with van der Waals surface area (Å²) in [6.07, 6.45) is 4.88. The summed E-state index contributed by atoms with van der Waals surface area (Å²) < 4.78 is 21.8. The fourth-order valence-electron chi connectivity index (χ4n) is 3.23. The van der Waals surface area contributed by atoms with Gasteiger partial charge >= 0.3 is 0 Å². The first-order valence-electron chi connectivity index (χ1n) is 9.63. The second kappa shape index (κ2) is 10.8. The number of nitriles is 1. The lowest BCUT2D eigenvalue weighted by Gasteiger charge is -2.21. The number of nitrogens with one attached hydrogen (secondary N) is 1. The zero-order valence-corrected chi connectivity index (χ0v) is 16.6. The van der Waals surface area contributed by atoms with Crippen LogP contribution in [0.25, 0.3) is 0 Å². The van der Waals surface area contributed by atoms with Crippen LogP contribution in [-0.2, 0) is 18.9 Å². The normalized spacial score (nSPS) is 24.9. The van der Waals surface area contributed by atoms with Crippen LogP contribution in [-0.4, -0.2) is 56.8 Å². The predicted molar refractivity (Wildman–Crippen MR) is 101 cm³/mol. The standard InChI is InChI=1S/C20H32N2O5/c1-20(2)26-14-17(27-20)8-11-25-19(23)18(13-21)15-6-4-7-16(12-15)22-9-5-10-24-3/h12,17,19,22-23H,4-11,14H2,1-3H3/b18-15-. The van der Waals surface area contributed by atoms with E-state index < -0.39 is 12.1 Å². The van der Waals surface area contributed by atoms with Crippen molar-refractivity contribution in [1.82, 2.24) is 5.32 Å². The molecule has 2 rings (SSSR count). The van der Waals surface area contributed by atoms with Crippen LogP contribution in [0.15, 0.2) is 22.9 Å². The molecule has 1 heterocycles. The molecule has 0 bridgehead atoms. The highest BCUT2D eigenvalue weighted by atomic mass is 16.7. The molecule has 0 radical (unpaired) electrons. The van der Waals surface area contributed by atoms with Crippen LogP contribution >= 0.6 is 0 Å². The number of aliphatic hydroxyl groups is 1. The van der Waals surface area contributed by atoms with Gasteiger partial charge < -0.3 is 29.4 Å². The Labute approximate surface area is 161 Å². The Balaban J connectivity index is 1.86. The fraction of sp³-hybridized carbons (Fsp3) is 0.750. The molecule has 7 heteroatoms. The Kier molecular flexibility index (Phi) is 8.74. The van der Waals surface area contributed by atoms with Crippen molar-refractivity contribution in [2.45, 2.75) is 64.1 Å². The number of hydrogen-bond acceptors (Lipinski definition) is 7. The van der Waals surface area contributed by atoms with Crippen LogP contribution in [0.2, 0.25) is 0 Å². The van der Waals surface area contributed by atoms with Crippen molar-refractivity contribution in [3.8, 4) is 6.07 Å². The van der Waals surface area contributed by atoms with E-state index in [9.17, 15) is 10.4 Å². The minimum atomic E-state index is -1.22. The average molecular weight is 380 g/mol. The Hall–Kier alpha value is -1.43. The molecular weight excluding hydrogens is 348 g/mol. The summed E-state index contributed by atoms with van der Waals surface area (Å²) in [6, 6.07) is 2.12. The van der Waals surface area contributed by atoms with Gasteiger partial charge in [-0.1, -0.05) is 0 Å². The maximum absolute atomic E-state index is 10.3. The molecule has 2 aliphatic rings. The van der Waals surface area contributed by atoms with Crippen molar-refractivity contribution in [2.75, 3.05) is 33.5 Å². The lowest BCUT2D eigenvalue weighted by atomic mass is 9.95. The second-order valence-corrected chi connectivity index (χ2v) is 7.31. The summed E-state index contributed by atoms with van der Waals surface area (Å²) in [7, 11) is 1.69. The highest BCUT2D eigenvalue weighted by Crippen LogP contribution is 2.26. The second-order valence-electron chi connectivity index (χ2n) is 7.31. The number of aliphatic hydroxyl groups excluding tert-OH is 1. The molecule has 7 nitrogen and oxygen atoms in total. The minimum absolute atomic E-state index is 0.0529. The van der Waals surface area contributed by atoms with E-state index >= 15 is 0 Å². The molecule has 1 aliphatic carbocycles. The fourth-order valence-corrected chi connectivity index (χ4v) is 3.23. The third-order valence-corrected chi connectivity index (χ3v) is 4.61. The van der Waals surface area contributed by atoms with Crippen molar-refractivity contribution >= 4 is 0 Å². The molecule has 2 atom stereocenters. The van der Waals surface area contributed by atoms with Crippen LogP contribution in [0.3, 0.4) is 0 Å². The van der Waals surface area contributed by atoms with Gasteiger partial charge in [0, 0.05) is 26.0 Å². The summed E-state index contributed by atoms with van der Waals surface area (Å²) in [5.41, 5.74) is 2.22. The summed E-state index contributed by atoms with van der Waals surface area (Å²) in [6.45, 7) is 6.10. The highest BCUT2D eigenvalue weighted by molar-refractivity contribution is 5.39. The first-order valence-corrected chi connectivity index (χ1v) is 9.63. The molecule has 0 spiro atoms. The number of allylic oxidation sites excluding steroid dienone is 3. The number of methoxy groups -OCH3 is 1. The van der Waals surface area contributed by atoms with E-state index in [2.05, 4.69) is 11.4 Å². The van der Waals surface area contributed by atoms with Gasteiger partial charge in [0.1, 0.15) is 6.07 Å². The topological polar surface area (TPSA) is 93.0 Å². The summed E-state index contributed by atoms with van der Waals surface area (Å²) in [4.78, 5) is 0. The van der Waals surface area contributed by atoms with Crippen LogP contribution in [0.4, 0.5) is 0 Å². The van der Waals surface area contributed by atoms with Crippen LogP contribution in [0.1, 0.15) is 46.0 Å². The molecule has 0 amide bonds. The van der Waals surface area contributed by atoms with Gasteiger partial charge in [0.05, 0.1) is 24.9 Å². The maximum Gasteiger partial charge on any atom is 0.191 e. The lowest BCUT2D eigenvalue weighted by Crippen LogP contribution is -2.24. The SMILES string of the molecule is COCCCNC1=C/C(=C(/C#N)C(O)OCCC2COC(C)(C)O2)CCC1. The Bertz CT molecular complexity index is 579. The minimum Gasteiger partial charge on any atom is -0.388 e. The van der Waals surface area contributed by atoms with Crippen molar-refractivity contribution in [2.24, 2.45) is 0 Å². The number of nitrogens with zero attached hydrogens (tertiary/aromatic N) is 1. The van der Waals surface area contributed by atoms with E-state index in [1.165, 1.54) is 0 Å².